The lowest BCUT2D eigenvalue weighted by molar-refractivity contribution is -0.259. The molecule has 0 radical (unpaired) electrons. The Bertz CT molecular complexity index is 581. The van der Waals surface area contributed by atoms with E-state index in [1.165, 1.54) is 6.92 Å². The van der Waals surface area contributed by atoms with Gasteiger partial charge >= 0.3 is 23.4 Å². The van der Waals surface area contributed by atoms with Crippen LogP contribution in [0.2, 0.25) is 0 Å². The highest BCUT2D eigenvalue weighted by atomic mass is 32.2. The summed E-state index contributed by atoms with van der Waals surface area (Å²) in [6, 6.07) is 0. The molecule has 0 N–H and O–H groups in total. The first kappa shape index (κ1) is 21.2. The van der Waals surface area contributed by atoms with Crippen LogP contribution in [0, 0.1) is 0 Å². The third-order valence-electron chi connectivity index (χ3n) is 2.07. The molecule has 0 heterocycles. The molecule has 0 spiro atoms. The highest BCUT2D eigenvalue weighted by molar-refractivity contribution is 7.86. The molecule has 7 nitrogen and oxygen atoms in total. The van der Waals surface area contributed by atoms with E-state index < -0.39 is 52.6 Å². The van der Waals surface area contributed by atoms with Crippen LogP contribution >= 0.6 is 0 Å². The maximum atomic E-state index is 13.0. The number of carbonyl (C=O) groups excluding carboxylic acids is 2. The summed E-state index contributed by atoms with van der Waals surface area (Å²) in [5.41, 5.74) is -0.101. The van der Waals surface area contributed by atoms with Gasteiger partial charge in [0.2, 0.25) is 0 Å². The Labute approximate surface area is 126 Å². The maximum absolute atomic E-state index is 13.0. The van der Waals surface area contributed by atoms with Gasteiger partial charge in [-0.05, 0) is 6.92 Å². The number of alkyl halides is 5. The van der Waals surface area contributed by atoms with E-state index in [4.69, 9.17) is 0 Å². The van der Waals surface area contributed by atoms with Crippen LogP contribution in [0.3, 0.4) is 0 Å². The molecule has 0 aliphatic heterocycles. The SMILES string of the molecule is C=C(C)C(=O)OCCC(=O)OC(C(F)(F)F)C(F)(F)S(=O)(=O)[O-]. The summed E-state index contributed by atoms with van der Waals surface area (Å²) in [6.07, 6.45) is -11.6. The number of hydrogen-bond acceptors (Lipinski definition) is 7. The average molecular weight is 369 g/mol. The van der Waals surface area contributed by atoms with Crippen molar-refractivity contribution in [1.82, 2.24) is 0 Å². The van der Waals surface area contributed by atoms with Crippen LogP contribution in [-0.4, -0.2) is 49.1 Å². The van der Waals surface area contributed by atoms with Gasteiger partial charge in [-0.15, -0.1) is 0 Å². The van der Waals surface area contributed by atoms with Gasteiger partial charge in [-0.3, -0.25) is 4.79 Å². The normalized spacial score (nSPS) is 14.0. The standard InChI is InChI=1S/C10H11F5O7S/c1-5(2)7(17)21-4-3-6(16)22-8(9(11,12)13)10(14,15)23(18,19)20/h8H,1,3-4H2,2H3,(H,18,19,20)/p-1. The maximum Gasteiger partial charge on any atom is 0.432 e. The quantitative estimate of drug-likeness (QED) is 0.286. The van der Waals surface area contributed by atoms with Crippen LogP contribution in [-0.2, 0) is 29.2 Å². The van der Waals surface area contributed by atoms with Gasteiger partial charge in [0, 0.05) is 5.57 Å². The Balaban J connectivity index is 4.98. The fourth-order valence-corrected chi connectivity index (χ4v) is 1.44. The molecule has 0 saturated carbocycles. The zero-order chi connectivity index (χ0) is 18.6. The molecule has 0 aromatic carbocycles. The lowest BCUT2D eigenvalue weighted by Crippen LogP contribution is -2.52. The molecule has 0 aliphatic rings. The second kappa shape index (κ2) is 7.21. The van der Waals surface area contributed by atoms with E-state index in [-0.39, 0.29) is 5.57 Å². The van der Waals surface area contributed by atoms with Gasteiger partial charge in [0.25, 0.3) is 6.10 Å². The van der Waals surface area contributed by atoms with E-state index in [9.17, 15) is 44.5 Å². The third kappa shape index (κ3) is 6.09. The van der Waals surface area contributed by atoms with Crippen molar-refractivity contribution in [2.24, 2.45) is 0 Å². The van der Waals surface area contributed by atoms with Crippen molar-refractivity contribution < 1.29 is 54.0 Å². The second-order valence-corrected chi connectivity index (χ2v) is 5.55. The van der Waals surface area contributed by atoms with Gasteiger partial charge < -0.3 is 14.0 Å². The van der Waals surface area contributed by atoms with Crippen molar-refractivity contribution in [2.75, 3.05) is 6.61 Å². The van der Waals surface area contributed by atoms with Crippen molar-refractivity contribution in [1.29, 1.82) is 0 Å². The zero-order valence-electron chi connectivity index (χ0n) is 11.4. The van der Waals surface area contributed by atoms with E-state index >= 15 is 0 Å². The molecule has 0 fully saturated rings. The van der Waals surface area contributed by atoms with Crippen molar-refractivity contribution in [3.05, 3.63) is 12.2 Å². The number of halogens is 5. The van der Waals surface area contributed by atoms with Gasteiger partial charge in [-0.1, -0.05) is 6.58 Å². The van der Waals surface area contributed by atoms with Crippen LogP contribution < -0.4 is 0 Å². The molecule has 13 heteroatoms. The van der Waals surface area contributed by atoms with Gasteiger partial charge in [-0.2, -0.15) is 22.0 Å². The Morgan fingerprint density at radius 2 is 1.70 bits per heavy atom. The largest absolute Gasteiger partial charge is 0.743 e. The molecule has 0 rings (SSSR count). The Hall–Kier alpha value is -1.76. The van der Waals surface area contributed by atoms with Gasteiger partial charge in [-0.25, -0.2) is 13.2 Å². The number of hydrogen-bond donors (Lipinski definition) is 0. The molecule has 1 unspecified atom stereocenters. The highest BCUT2D eigenvalue weighted by Crippen LogP contribution is 2.38. The number of rotatable bonds is 7. The smallest absolute Gasteiger partial charge is 0.432 e. The van der Waals surface area contributed by atoms with Crippen molar-refractivity contribution in [3.8, 4) is 0 Å². The summed E-state index contributed by atoms with van der Waals surface area (Å²) >= 11 is 0. The molecule has 134 valence electrons. The van der Waals surface area contributed by atoms with Crippen molar-refractivity contribution in [2.45, 2.75) is 30.9 Å². The first-order chi connectivity index (χ1) is 10.1. The summed E-state index contributed by atoms with van der Waals surface area (Å²) in [5, 5.41) is -5.92. The predicted octanol–water partition coefficient (Wildman–Crippen LogP) is 1.11. The van der Waals surface area contributed by atoms with Gasteiger partial charge in [0.05, 0.1) is 6.42 Å². The summed E-state index contributed by atoms with van der Waals surface area (Å²) in [6.45, 7) is 3.55. The lowest BCUT2D eigenvalue weighted by Gasteiger charge is -2.29. The van der Waals surface area contributed by atoms with Gasteiger partial charge in [0.15, 0.2) is 10.1 Å². The number of carbonyl (C=O) groups is 2. The van der Waals surface area contributed by atoms with Gasteiger partial charge in [0.1, 0.15) is 6.61 Å². The Morgan fingerprint density at radius 3 is 2.04 bits per heavy atom. The van der Waals surface area contributed by atoms with Crippen molar-refractivity contribution >= 4 is 22.1 Å². The summed E-state index contributed by atoms with van der Waals surface area (Å²) in [4.78, 5) is 22.0. The first-order valence-corrected chi connectivity index (χ1v) is 6.93. The molecular formula is C10H10F5O7S-. The summed E-state index contributed by atoms with van der Waals surface area (Å²) < 4.78 is 102. The minimum Gasteiger partial charge on any atom is -0.743 e. The molecule has 0 bridgehead atoms. The Kier molecular flexibility index (Phi) is 6.66. The van der Waals surface area contributed by atoms with Crippen molar-refractivity contribution in [3.63, 3.8) is 0 Å². The molecule has 0 saturated heterocycles. The van der Waals surface area contributed by atoms with Crippen LogP contribution in [0.5, 0.6) is 0 Å². The van der Waals surface area contributed by atoms with Crippen LogP contribution in [0.25, 0.3) is 0 Å². The molecule has 1 atom stereocenters. The molecular weight excluding hydrogens is 359 g/mol. The van der Waals surface area contributed by atoms with E-state index in [2.05, 4.69) is 16.1 Å². The minimum atomic E-state index is -6.75. The number of ether oxygens (including phenoxy) is 2. The fourth-order valence-electron chi connectivity index (χ4n) is 0.998. The summed E-state index contributed by atoms with van der Waals surface area (Å²) in [7, 11) is -6.75. The predicted molar refractivity (Wildman–Crippen MR) is 61.0 cm³/mol. The molecule has 23 heavy (non-hydrogen) atoms. The Morgan fingerprint density at radius 1 is 1.22 bits per heavy atom. The van der Waals surface area contributed by atoms with Crippen LogP contribution in [0.15, 0.2) is 12.2 Å². The fraction of sp³-hybridized carbons (Fsp3) is 0.600. The first-order valence-electron chi connectivity index (χ1n) is 5.52. The topological polar surface area (TPSA) is 110 Å². The molecule has 0 aromatic heterocycles. The highest BCUT2D eigenvalue weighted by Gasteiger charge is 2.62. The number of esters is 2. The van der Waals surface area contributed by atoms with E-state index in [0.717, 1.165) is 0 Å². The third-order valence-corrected chi connectivity index (χ3v) is 2.95. The van der Waals surface area contributed by atoms with E-state index in [1.807, 2.05) is 0 Å². The lowest BCUT2D eigenvalue weighted by atomic mass is 10.3. The van der Waals surface area contributed by atoms with E-state index in [0.29, 0.717) is 0 Å². The summed E-state index contributed by atoms with van der Waals surface area (Å²) in [5.74, 6) is -2.96. The van der Waals surface area contributed by atoms with Crippen LogP contribution in [0.1, 0.15) is 13.3 Å². The van der Waals surface area contributed by atoms with E-state index in [1.54, 1.807) is 0 Å². The minimum absolute atomic E-state index is 0.101. The zero-order valence-corrected chi connectivity index (χ0v) is 12.2. The van der Waals surface area contributed by atoms with Crippen LogP contribution in [0.4, 0.5) is 22.0 Å². The average Bonchev–Trinajstić information content (AvgIpc) is 2.32. The molecule has 0 aliphatic carbocycles. The molecule has 0 amide bonds. The molecule has 0 aromatic rings. The monoisotopic (exact) mass is 369 g/mol. The second-order valence-electron chi connectivity index (χ2n) is 4.09.